The van der Waals surface area contributed by atoms with Crippen LogP contribution in [0.3, 0.4) is 0 Å². The zero-order valence-corrected chi connectivity index (χ0v) is 6.80. The Labute approximate surface area is 65.8 Å². The van der Waals surface area contributed by atoms with Crippen molar-refractivity contribution in [1.29, 1.82) is 5.26 Å². The lowest BCUT2D eigenvalue weighted by Gasteiger charge is -1.98. The standard InChI is InChI=1S/C5H10N2O3S/c6-2-1-3-10-4-5-11(7,8)9/h1,3-5H2,(H2,7,8,9). The van der Waals surface area contributed by atoms with Gasteiger partial charge < -0.3 is 4.74 Å². The van der Waals surface area contributed by atoms with Crippen molar-refractivity contribution in [3.63, 3.8) is 0 Å². The highest BCUT2D eigenvalue weighted by atomic mass is 32.2. The molecule has 0 spiro atoms. The van der Waals surface area contributed by atoms with Crippen LogP contribution in [0.5, 0.6) is 0 Å². The predicted molar refractivity (Wildman–Crippen MR) is 39.0 cm³/mol. The van der Waals surface area contributed by atoms with E-state index in [1.807, 2.05) is 6.07 Å². The smallest absolute Gasteiger partial charge is 0.211 e. The van der Waals surface area contributed by atoms with E-state index in [0.29, 0.717) is 0 Å². The number of sulfonamides is 1. The number of rotatable bonds is 5. The normalized spacial score (nSPS) is 10.9. The Bertz CT molecular complexity index is 229. The van der Waals surface area contributed by atoms with Gasteiger partial charge >= 0.3 is 0 Å². The fourth-order valence-corrected chi connectivity index (χ4v) is 0.745. The average Bonchev–Trinajstić information content (AvgIpc) is 1.85. The van der Waals surface area contributed by atoms with Crippen molar-refractivity contribution in [2.24, 2.45) is 5.14 Å². The van der Waals surface area contributed by atoms with E-state index < -0.39 is 10.0 Å². The van der Waals surface area contributed by atoms with Crippen LogP contribution in [-0.4, -0.2) is 27.4 Å². The number of hydrogen-bond donors (Lipinski definition) is 1. The van der Waals surface area contributed by atoms with Crippen LogP contribution < -0.4 is 5.14 Å². The quantitative estimate of drug-likeness (QED) is 0.558. The van der Waals surface area contributed by atoms with Crippen LogP contribution in [0.25, 0.3) is 0 Å². The van der Waals surface area contributed by atoms with E-state index in [0.717, 1.165) is 0 Å². The molecule has 0 saturated heterocycles. The maximum atomic E-state index is 10.3. The Hall–Kier alpha value is -0.640. The van der Waals surface area contributed by atoms with Gasteiger partial charge in [-0.15, -0.1) is 0 Å². The Kier molecular flexibility index (Phi) is 4.77. The number of nitrogens with zero attached hydrogens (tertiary/aromatic N) is 1. The van der Waals surface area contributed by atoms with Crippen LogP contribution in [0.1, 0.15) is 6.42 Å². The topological polar surface area (TPSA) is 93.2 Å². The number of nitriles is 1. The molecular weight excluding hydrogens is 168 g/mol. The molecule has 0 atom stereocenters. The summed E-state index contributed by atoms with van der Waals surface area (Å²) in [5.74, 6) is -0.196. The molecule has 0 heterocycles. The average molecular weight is 178 g/mol. The predicted octanol–water partition coefficient (Wildman–Crippen LogP) is -0.795. The van der Waals surface area contributed by atoms with Gasteiger partial charge in [-0.2, -0.15) is 5.26 Å². The number of hydrogen-bond acceptors (Lipinski definition) is 4. The van der Waals surface area contributed by atoms with Gasteiger partial charge in [0.15, 0.2) is 0 Å². The monoisotopic (exact) mass is 178 g/mol. The van der Waals surface area contributed by atoms with Crippen LogP contribution in [0.15, 0.2) is 0 Å². The minimum atomic E-state index is -3.42. The van der Waals surface area contributed by atoms with Crippen molar-refractivity contribution < 1.29 is 13.2 Å². The number of nitrogens with two attached hydrogens (primary N) is 1. The lowest BCUT2D eigenvalue weighted by molar-refractivity contribution is 0.155. The van der Waals surface area contributed by atoms with E-state index in [9.17, 15) is 8.42 Å². The van der Waals surface area contributed by atoms with Crippen LogP contribution in [-0.2, 0) is 14.8 Å². The second-order valence-corrected chi connectivity index (χ2v) is 3.62. The summed E-state index contributed by atoms with van der Waals surface area (Å²) in [6, 6.07) is 1.86. The molecule has 0 unspecified atom stereocenters. The minimum Gasteiger partial charge on any atom is -0.379 e. The SMILES string of the molecule is N#CCCOCCS(N)(=O)=O. The number of primary sulfonamides is 1. The van der Waals surface area contributed by atoms with E-state index >= 15 is 0 Å². The number of ether oxygens (including phenoxy) is 1. The summed E-state index contributed by atoms with van der Waals surface area (Å²) < 4.78 is 25.4. The zero-order chi connectivity index (χ0) is 8.74. The zero-order valence-electron chi connectivity index (χ0n) is 5.99. The third-order valence-electron chi connectivity index (χ3n) is 0.870. The van der Waals surface area contributed by atoms with E-state index in [1.54, 1.807) is 0 Å². The summed E-state index contributed by atoms with van der Waals surface area (Å²) in [4.78, 5) is 0. The van der Waals surface area contributed by atoms with Crippen molar-refractivity contribution >= 4 is 10.0 Å². The second-order valence-electron chi connectivity index (χ2n) is 1.89. The summed E-state index contributed by atoms with van der Waals surface area (Å²) in [5, 5.41) is 12.7. The summed E-state index contributed by atoms with van der Waals surface area (Å²) in [7, 11) is -3.42. The van der Waals surface area contributed by atoms with Crippen molar-refractivity contribution in [1.82, 2.24) is 0 Å². The molecule has 0 aromatic heterocycles. The Morgan fingerprint density at radius 3 is 2.55 bits per heavy atom. The lowest BCUT2D eigenvalue weighted by Crippen LogP contribution is -2.20. The molecule has 0 bridgehead atoms. The van der Waals surface area contributed by atoms with Gasteiger partial charge in [0, 0.05) is 0 Å². The molecule has 0 aliphatic rings. The molecule has 0 saturated carbocycles. The van der Waals surface area contributed by atoms with Crippen molar-refractivity contribution in [3.8, 4) is 6.07 Å². The van der Waals surface area contributed by atoms with Crippen molar-refractivity contribution in [2.45, 2.75) is 6.42 Å². The third-order valence-corrected chi connectivity index (χ3v) is 1.61. The minimum absolute atomic E-state index is 0.0561. The van der Waals surface area contributed by atoms with Gasteiger partial charge in [-0.3, -0.25) is 0 Å². The first-order valence-corrected chi connectivity index (χ1v) is 4.73. The van der Waals surface area contributed by atoms with Gasteiger partial charge in [-0.25, -0.2) is 13.6 Å². The third kappa shape index (κ3) is 9.36. The largest absolute Gasteiger partial charge is 0.379 e. The fourth-order valence-electron chi connectivity index (χ4n) is 0.395. The first-order chi connectivity index (χ1) is 5.06. The first-order valence-electron chi connectivity index (χ1n) is 3.01. The maximum Gasteiger partial charge on any atom is 0.211 e. The molecule has 0 aromatic carbocycles. The van der Waals surface area contributed by atoms with E-state index in [2.05, 4.69) is 5.14 Å². The molecule has 0 fully saturated rings. The molecule has 0 aromatic rings. The summed E-state index contributed by atoms with van der Waals surface area (Å²) in [6.07, 6.45) is 0.268. The van der Waals surface area contributed by atoms with E-state index in [1.165, 1.54) is 0 Å². The molecule has 0 aliphatic heterocycles. The molecule has 0 radical (unpaired) electrons. The first kappa shape index (κ1) is 10.4. The van der Waals surface area contributed by atoms with Crippen LogP contribution in [0.4, 0.5) is 0 Å². The molecule has 11 heavy (non-hydrogen) atoms. The highest BCUT2D eigenvalue weighted by Gasteiger charge is 2.00. The highest BCUT2D eigenvalue weighted by molar-refractivity contribution is 7.89. The molecule has 0 rings (SSSR count). The van der Waals surface area contributed by atoms with Crippen molar-refractivity contribution in [3.05, 3.63) is 0 Å². The van der Waals surface area contributed by atoms with Crippen molar-refractivity contribution in [2.75, 3.05) is 19.0 Å². The summed E-state index contributed by atoms with van der Waals surface area (Å²) >= 11 is 0. The van der Waals surface area contributed by atoms with Gasteiger partial charge in [-0.1, -0.05) is 0 Å². The van der Waals surface area contributed by atoms with Crippen LogP contribution in [0, 0.1) is 11.3 Å². The molecular formula is C5H10N2O3S. The molecule has 6 heteroatoms. The summed E-state index contributed by atoms with van der Waals surface area (Å²) in [6.45, 7) is 0.312. The lowest BCUT2D eigenvalue weighted by atomic mass is 10.5. The van der Waals surface area contributed by atoms with Gasteiger partial charge in [-0.05, 0) is 0 Å². The fraction of sp³-hybridized carbons (Fsp3) is 0.800. The maximum absolute atomic E-state index is 10.3. The second kappa shape index (κ2) is 5.07. The Morgan fingerprint density at radius 2 is 2.09 bits per heavy atom. The molecule has 5 nitrogen and oxygen atoms in total. The highest BCUT2D eigenvalue weighted by Crippen LogP contribution is 1.82. The van der Waals surface area contributed by atoms with Crippen LogP contribution >= 0.6 is 0 Å². The molecule has 0 aliphatic carbocycles. The molecule has 0 amide bonds. The van der Waals surface area contributed by atoms with E-state index in [-0.39, 0.29) is 25.4 Å². The Balaban J connectivity index is 3.24. The van der Waals surface area contributed by atoms with E-state index in [4.69, 9.17) is 10.00 Å². The summed E-state index contributed by atoms with van der Waals surface area (Å²) in [5.41, 5.74) is 0. The molecule has 2 N–H and O–H groups in total. The Morgan fingerprint density at radius 1 is 1.45 bits per heavy atom. The van der Waals surface area contributed by atoms with Gasteiger partial charge in [0.2, 0.25) is 10.0 Å². The van der Waals surface area contributed by atoms with Gasteiger partial charge in [0.05, 0.1) is 31.5 Å². The molecule has 64 valence electrons. The van der Waals surface area contributed by atoms with Gasteiger partial charge in [0.1, 0.15) is 0 Å². The van der Waals surface area contributed by atoms with Gasteiger partial charge in [0.25, 0.3) is 0 Å². The van der Waals surface area contributed by atoms with Crippen LogP contribution in [0.2, 0.25) is 0 Å².